The van der Waals surface area contributed by atoms with Gasteiger partial charge in [-0.3, -0.25) is 14.6 Å². The zero-order valence-corrected chi connectivity index (χ0v) is 23.2. The summed E-state index contributed by atoms with van der Waals surface area (Å²) < 4.78 is 8.03. The topological polar surface area (TPSA) is 97.5 Å². The number of nitrogens with one attached hydrogen (secondary N) is 2. The molecule has 0 radical (unpaired) electrons. The van der Waals surface area contributed by atoms with E-state index in [-0.39, 0.29) is 11.1 Å². The van der Waals surface area contributed by atoms with E-state index in [0.717, 1.165) is 74.3 Å². The molecule has 9 nitrogen and oxygen atoms in total. The normalized spacial score (nSPS) is 21.4. The van der Waals surface area contributed by atoms with Crippen LogP contribution in [0.1, 0.15) is 37.3 Å². The van der Waals surface area contributed by atoms with E-state index >= 15 is 0 Å². The van der Waals surface area contributed by atoms with Crippen LogP contribution in [0.15, 0.2) is 29.6 Å². The van der Waals surface area contributed by atoms with E-state index in [4.69, 9.17) is 14.8 Å². The molecule has 0 unspecified atom stereocenters. The minimum atomic E-state index is -1.11. The van der Waals surface area contributed by atoms with Crippen LogP contribution in [0.4, 0.5) is 5.82 Å². The fraction of sp³-hybridized carbons (Fsp3) is 0.654. The van der Waals surface area contributed by atoms with Gasteiger partial charge in [0.05, 0.1) is 24.4 Å². The summed E-state index contributed by atoms with van der Waals surface area (Å²) in [6, 6.07) is 5.67. The van der Waals surface area contributed by atoms with Crippen molar-refractivity contribution in [2.75, 3.05) is 51.1 Å². The zero-order valence-electron chi connectivity index (χ0n) is 22.2. The molecule has 0 bridgehead atoms. The smallest absolute Gasteiger partial charge is 0.121 e. The molecule has 0 atom stereocenters. The highest BCUT2D eigenvalue weighted by Gasteiger charge is 2.51. The van der Waals surface area contributed by atoms with Crippen molar-refractivity contribution in [1.29, 1.82) is 5.26 Å². The molecular weight excluding hydrogens is 468 g/mol. The number of aliphatic imine (C=N–C) groups is 1. The van der Waals surface area contributed by atoms with Crippen molar-refractivity contribution in [3.05, 3.63) is 35.8 Å². The molecule has 2 N–H and O–H groups in total. The average molecular weight is 509 g/mol. The number of likely N-dealkylation sites (tertiary alicyclic amines) is 1. The van der Waals surface area contributed by atoms with Gasteiger partial charge in [0, 0.05) is 56.8 Å². The summed E-state index contributed by atoms with van der Waals surface area (Å²) in [5, 5.41) is 17.9. The molecule has 0 spiro atoms. The molecule has 3 aliphatic heterocycles. The number of ether oxygens (including phenoxy) is 1. The van der Waals surface area contributed by atoms with Crippen LogP contribution in [0.25, 0.3) is 0 Å². The second-order valence-corrected chi connectivity index (χ2v) is 17.7. The van der Waals surface area contributed by atoms with Gasteiger partial charge in [-0.25, -0.2) is 0 Å². The van der Waals surface area contributed by atoms with Crippen molar-refractivity contribution < 1.29 is 4.74 Å². The Morgan fingerprint density at radius 2 is 2.00 bits per heavy atom. The van der Waals surface area contributed by atoms with Gasteiger partial charge < -0.3 is 19.9 Å². The maximum atomic E-state index is 9.65. The minimum absolute atomic E-state index is 0.203. The number of hydrogen-bond donors (Lipinski definition) is 2. The third kappa shape index (κ3) is 4.90. The molecule has 0 aromatic carbocycles. The van der Waals surface area contributed by atoms with E-state index < -0.39 is 8.07 Å². The quantitative estimate of drug-likeness (QED) is 0.399. The molecule has 3 aliphatic rings. The number of aromatic nitrogens is 3. The molecule has 0 saturated carbocycles. The van der Waals surface area contributed by atoms with Gasteiger partial charge >= 0.3 is 0 Å². The van der Waals surface area contributed by atoms with E-state index in [1.54, 1.807) is 0 Å². The third-order valence-corrected chi connectivity index (χ3v) is 9.81. The monoisotopic (exact) mass is 508 g/mol. The Morgan fingerprint density at radius 3 is 2.72 bits per heavy atom. The summed E-state index contributed by atoms with van der Waals surface area (Å²) in [6.07, 6.45) is 8.71. The van der Waals surface area contributed by atoms with E-state index in [0.29, 0.717) is 19.8 Å². The summed E-state index contributed by atoms with van der Waals surface area (Å²) in [6.45, 7) is 15.2. The minimum Gasteiger partial charge on any atom is -0.361 e. The summed E-state index contributed by atoms with van der Waals surface area (Å²) in [7, 11) is -1.11. The van der Waals surface area contributed by atoms with Gasteiger partial charge in [0.1, 0.15) is 24.8 Å². The number of fused-ring (bicyclic) bond motifs is 1. The molecule has 5 heterocycles. The Morgan fingerprint density at radius 1 is 1.22 bits per heavy atom. The molecule has 2 fully saturated rings. The number of aromatic amines is 1. The Bertz CT molecular complexity index is 1130. The van der Waals surface area contributed by atoms with Gasteiger partial charge in [-0.1, -0.05) is 19.6 Å². The van der Waals surface area contributed by atoms with Crippen molar-refractivity contribution in [3.63, 3.8) is 0 Å². The predicted molar refractivity (Wildman–Crippen MR) is 145 cm³/mol. The SMILES string of the molecule is CC1(N2CC(CC#N)(n3cc(C4=NCN(COCC[Si](C)(C)C)c5[nH]ccc54)cn3)C2)CCNCC1. The first-order valence-corrected chi connectivity index (χ1v) is 16.9. The lowest BCUT2D eigenvalue weighted by Crippen LogP contribution is -2.70. The number of piperidine rings is 1. The molecule has 5 rings (SSSR count). The molecular formula is C26H40N8OSi. The second kappa shape index (κ2) is 9.78. The summed E-state index contributed by atoms with van der Waals surface area (Å²) in [4.78, 5) is 13.0. The number of nitriles is 1. The lowest BCUT2D eigenvalue weighted by molar-refractivity contribution is -0.0776. The highest BCUT2D eigenvalue weighted by atomic mass is 28.3. The van der Waals surface area contributed by atoms with Gasteiger partial charge in [0.15, 0.2) is 0 Å². The number of H-pyrrole nitrogens is 1. The van der Waals surface area contributed by atoms with Gasteiger partial charge in [0.25, 0.3) is 0 Å². The van der Waals surface area contributed by atoms with Gasteiger partial charge in [-0.2, -0.15) is 10.4 Å². The Hall–Kier alpha value is -2.45. The Balaban J connectivity index is 1.28. The van der Waals surface area contributed by atoms with Crippen LogP contribution in [0.5, 0.6) is 0 Å². The molecule has 2 saturated heterocycles. The van der Waals surface area contributed by atoms with Crippen LogP contribution in [0.2, 0.25) is 25.7 Å². The van der Waals surface area contributed by atoms with E-state index in [2.05, 4.69) is 65.0 Å². The number of anilines is 1. The summed E-state index contributed by atoms with van der Waals surface area (Å²) in [5.74, 6) is 1.04. The summed E-state index contributed by atoms with van der Waals surface area (Å²) in [5.41, 5.74) is 2.95. The van der Waals surface area contributed by atoms with E-state index in [1.165, 1.54) is 0 Å². The van der Waals surface area contributed by atoms with Crippen LogP contribution in [0, 0.1) is 11.3 Å². The van der Waals surface area contributed by atoms with Crippen LogP contribution < -0.4 is 10.2 Å². The molecule has 194 valence electrons. The highest BCUT2D eigenvalue weighted by molar-refractivity contribution is 6.76. The van der Waals surface area contributed by atoms with Crippen molar-refractivity contribution in [1.82, 2.24) is 25.0 Å². The molecule has 36 heavy (non-hydrogen) atoms. The van der Waals surface area contributed by atoms with E-state index in [1.807, 2.05) is 17.1 Å². The maximum Gasteiger partial charge on any atom is 0.121 e. The maximum absolute atomic E-state index is 9.65. The van der Waals surface area contributed by atoms with E-state index in [9.17, 15) is 5.26 Å². The van der Waals surface area contributed by atoms with Crippen molar-refractivity contribution in [2.24, 2.45) is 4.99 Å². The van der Waals surface area contributed by atoms with Gasteiger partial charge in [-0.05, 0) is 45.0 Å². The van der Waals surface area contributed by atoms with Crippen LogP contribution in [0.3, 0.4) is 0 Å². The molecule has 10 heteroatoms. The lowest BCUT2D eigenvalue weighted by Gasteiger charge is -2.57. The van der Waals surface area contributed by atoms with Crippen molar-refractivity contribution >= 4 is 19.6 Å². The first-order chi connectivity index (χ1) is 17.2. The van der Waals surface area contributed by atoms with Crippen LogP contribution in [-0.2, 0) is 10.3 Å². The fourth-order valence-corrected chi connectivity index (χ4v) is 6.30. The van der Waals surface area contributed by atoms with Crippen molar-refractivity contribution in [2.45, 2.75) is 62.9 Å². The Labute approximate surface area is 215 Å². The molecule has 2 aromatic rings. The van der Waals surface area contributed by atoms with Crippen LogP contribution in [-0.4, -0.2) is 85.2 Å². The molecule has 0 aliphatic carbocycles. The Kier molecular flexibility index (Phi) is 6.85. The summed E-state index contributed by atoms with van der Waals surface area (Å²) >= 11 is 0. The molecule has 0 amide bonds. The fourth-order valence-electron chi connectivity index (χ4n) is 5.55. The number of rotatable bonds is 9. The number of nitrogens with zero attached hydrogens (tertiary/aromatic N) is 6. The number of hydrogen-bond acceptors (Lipinski definition) is 7. The van der Waals surface area contributed by atoms with Gasteiger partial charge in [0.2, 0.25) is 0 Å². The standard InChI is InChI=1S/C26H40N8OSi/c1-25(7-11-28-12-8-25)33-17-26(18-33,6-9-27)34-16-21(15-31-34)23-22-5-10-29-24(22)32(19-30-23)20-35-13-14-36(2,3)4/h5,10,15-16,28-29H,6-8,11-14,17-20H2,1-4H3. The van der Waals surface area contributed by atoms with Crippen LogP contribution >= 0.6 is 0 Å². The first kappa shape index (κ1) is 25.2. The highest BCUT2D eigenvalue weighted by Crippen LogP contribution is 2.40. The predicted octanol–water partition coefficient (Wildman–Crippen LogP) is 3.21. The first-order valence-electron chi connectivity index (χ1n) is 13.2. The van der Waals surface area contributed by atoms with Crippen molar-refractivity contribution in [3.8, 4) is 6.07 Å². The second-order valence-electron chi connectivity index (χ2n) is 12.1. The largest absolute Gasteiger partial charge is 0.361 e. The lowest BCUT2D eigenvalue weighted by atomic mass is 9.78. The molecule has 2 aromatic heterocycles. The zero-order chi connectivity index (χ0) is 25.4. The van der Waals surface area contributed by atoms with Gasteiger partial charge in [-0.15, -0.1) is 0 Å². The third-order valence-electron chi connectivity index (χ3n) is 8.10. The average Bonchev–Trinajstić information content (AvgIpc) is 3.49.